The van der Waals surface area contributed by atoms with E-state index in [2.05, 4.69) is 5.32 Å². The molecule has 0 aliphatic heterocycles. The van der Waals surface area contributed by atoms with Gasteiger partial charge in [0.1, 0.15) is 6.54 Å². The predicted octanol–water partition coefficient (Wildman–Crippen LogP) is 2.18. The van der Waals surface area contributed by atoms with Gasteiger partial charge in [-0.25, -0.2) is 8.42 Å². The minimum atomic E-state index is -4.55. The molecule has 0 aromatic carbocycles. The molecular weight excluding hydrogens is 313 g/mol. The molecule has 1 aliphatic rings. The molecule has 0 radical (unpaired) electrons. The highest BCUT2D eigenvalue weighted by atomic mass is 32.2. The standard InChI is InChI=1S/C11H15F3N2O2S2/c1-16(7-11(12,13)14)20(17,18)10-4-9(19-6-10)5-15-8-2-3-8/h4,6,8,15H,2-3,5,7H2,1H3. The zero-order valence-electron chi connectivity index (χ0n) is 10.8. The summed E-state index contributed by atoms with van der Waals surface area (Å²) in [5, 5.41) is 4.61. The van der Waals surface area contributed by atoms with Crippen LogP contribution in [0.1, 0.15) is 17.7 Å². The van der Waals surface area contributed by atoms with Crippen molar-refractivity contribution in [2.24, 2.45) is 0 Å². The van der Waals surface area contributed by atoms with E-state index in [0.29, 0.717) is 16.9 Å². The first-order valence-corrected chi connectivity index (χ1v) is 8.34. The molecule has 0 saturated heterocycles. The van der Waals surface area contributed by atoms with Gasteiger partial charge in [0.25, 0.3) is 0 Å². The van der Waals surface area contributed by atoms with E-state index in [0.717, 1.165) is 24.8 Å². The van der Waals surface area contributed by atoms with Gasteiger partial charge < -0.3 is 5.32 Å². The van der Waals surface area contributed by atoms with E-state index in [1.807, 2.05) is 0 Å². The van der Waals surface area contributed by atoms with E-state index in [9.17, 15) is 21.6 Å². The number of halogens is 3. The Kier molecular flexibility index (Phi) is 4.43. The van der Waals surface area contributed by atoms with Gasteiger partial charge in [-0.3, -0.25) is 0 Å². The third-order valence-electron chi connectivity index (χ3n) is 2.88. The maximum atomic E-state index is 12.3. The molecule has 0 bridgehead atoms. The Labute approximate surface area is 119 Å². The molecule has 1 fully saturated rings. The highest BCUT2D eigenvalue weighted by Gasteiger charge is 2.35. The van der Waals surface area contributed by atoms with Crippen molar-refractivity contribution in [1.82, 2.24) is 9.62 Å². The average Bonchev–Trinajstić information content (AvgIpc) is 3.01. The fraction of sp³-hybridized carbons (Fsp3) is 0.636. The van der Waals surface area contributed by atoms with Gasteiger partial charge in [-0.2, -0.15) is 17.5 Å². The Morgan fingerprint density at radius 2 is 2.10 bits per heavy atom. The van der Waals surface area contributed by atoms with Crippen LogP contribution in [0.5, 0.6) is 0 Å². The molecular formula is C11H15F3N2O2S2. The maximum absolute atomic E-state index is 12.3. The fourth-order valence-electron chi connectivity index (χ4n) is 1.64. The van der Waals surface area contributed by atoms with Crippen molar-refractivity contribution < 1.29 is 21.6 Å². The lowest BCUT2D eigenvalue weighted by atomic mass is 10.4. The Morgan fingerprint density at radius 3 is 2.65 bits per heavy atom. The number of nitrogens with zero attached hydrogens (tertiary/aromatic N) is 1. The van der Waals surface area contributed by atoms with Crippen molar-refractivity contribution in [2.45, 2.75) is 36.5 Å². The molecule has 0 amide bonds. The number of rotatable bonds is 6. The highest BCUT2D eigenvalue weighted by molar-refractivity contribution is 7.89. The van der Waals surface area contributed by atoms with Crippen LogP contribution in [0, 0.1) is 0 Å². The summed E-state index contributed by atoms with van der Waals surface area (Å²) in [6.07, 6.45) is -2.32. The summed E-state index contributed by atoms with van der Waals surface area (Å²) in [5.41, 5.74) is 0. The molecule has 4 nitrogen and oxygen atoms in total. The molecule has 0 spiro atoms. The van der Waals surface area contributed by atoms with Crippen LogP contribution in [0.15, 0.2) is 16.3 Å². The van der Waals surface area contributed by atoms with Crippen LogP contribution in [0.4, 0.5) is 13.2 Å². The van der Waals surface area contributed by atoms with E-state index in [-0.39, 0.29) is 4.90 Å². The fourth-order valence-corrected chi connectivity index (χ4v) is 4.01. The van der Waals surface area contributed by atoms with E-state index < -0.39 is 22.7 Å². The minimum absolute atomic E-state index is 0.0816. The Morgan fingerprint density at radius 1 is 1.45 bits per heavy atom. The number of hydrogen-bond acceptors (Lipinski definition) is 4. The maximum Gasteiger partial charge on any atom is 0.402 e. The first kappa shape index (κ1) is 15.7. The van der Waals surface area contributed by atoms with Crippen LogP contribution >= 0.6 is 11.3 Å². The molecule has 1 aromatic heterocycles. The number of hydrogen-bond donors (Lipinski definition) is 1. The minimum Gasteiger partial charge on any atom is -0.309 e. The van der Waals surface area contributed by atoms with E-state index in [1.165, 1.54) is 22.8 Å². The second-order valence-corrected chi connectivity index (χ2v) is 7.82. The summed E-state index contributed by atoms with van der Waals surface area (Å²) in [4.78, 5) is 0.720. The topological polar surface area (TPSA) is 49.4 Å². The van der Waals surface area contributed by atoms with Gasteiger partial charge >= 0.3 is 6.18 Å². The molecule has 1 saturated carbocycles. The molecule has 114 valence electrons. The summed E-state index contributed by atoms with van der Waals surface area (Å²) in [5.74, 6) is 0. The third-order valence-corrected chi connectivity index (χ3v) is 5.75. The summed E-state index contributed by atoms with van der Waals surface area (Å²) in [6, 6.07) is 1.92. The van der Waals surface area contributed by atoms with Crippen LogP contribution in [0.3, 0.4) is 0 Å². The lowest BCUT2D eigenvalue weighted by Crippen LogP contribution is -2.35. The number of thiophene rings is 1. The van der Waals surface area contributed by atoms with Crippen molar-refractivity contribution in [1.29, 1.82) is 0 Å². The Hall–Kier alpha value is -0.640. The SMILES string of the molecule is CN(CC(F)(F)F)S(=O)(=O)c1csc(CNC2CC2)c1. The molecule has 0 unspecified atom stereocenters. The van der Waals surface area contributed by atoms with Gasteiger partial charge in [0.05, 0.1) is 4.90 Å². The van der Waals surface area contributed by atoms with Gasteiger partial charge in [-0.05, 0) is 18.9 Å². The molecule has 0 atom stereocenters. The highest BCUT2D eigenvalue weighted by Crippen LogP contribution is 2.26. The van der Waals surface area contributed by atoms with E-state index in [4.69, 9.17) is 0 Å². The summed E-state index contributed by atoms with van der Waals surface area (Å²) >= 11 is 1.23. The summed E-state index contributed by atoms with van der Waals surface area (Å²) < 4.78 is 61.1. The van der Waals surface area contributed by atoms with Crippen LogP contribution in [-0.4, -0.2) is 38.5 Å². The average molecular weight is 328 g/mol. The van der Waals surface area contributed by atoms with E-state index >= 15 is 0 Å². The smallest absolute Gasteiger partial charge is 0.309 e. The normalized spacial score (nSPS) is 16.9. The molecule has 9 heteroatoms. The van der Waals surface area contributed by atoms with Gasteiger partial charge in [0, 0.05) is 29.9 Å². The van der Waals surface area contributed by atoms with Crippen molar-refractivity contribution in [2.75, 3.05) is 13.6 Å². The van der Waals surface area contributed by atoms with Crippen molar-refractivity contribution in [3.8, 4) is 0 Å². The van der Waals surface area contributed by atoms with Gasteiger partial charge in [-0.1, -0.05) is 0 Å². The van der Waals surface area contributed by atoms with Crippen LogP contribution in [0.2, 0.25) is 0 Å². The second-order valence-electron chi connectivity index (χ2n) is 4.78. The van der Waals surface area contributed by atoms with Crippen LogP contribution < -0.4 is 5.32 Å². The molecule has 20 heavy (non-hydrogen) atoms. The van der Waals surface area contributed by atoms with Gasteiger partial charge in [0.15, 0.2) is 0 Å². The zero-order chi connectivity index (χ0) is 15.0. The summed E-state index contributed by atoms with van der Waals surface area (Å²) in [7, 11) is -3.15. The lowest BCUT2D eigenvalue weighted by Gasteiger charge is -2.17. The van der Waals surface area contributed by atoms with Crippen molar-refractivity contribution in [3.05, 3.63) is 16.3 Å². The predicted molar refractivity (Wildman–Crippen MR) is 70.1 cm³/mol. The number of alkyl halides is 3. The Balaban J connectivity index is 2.04. The molecule has 1 N–H and O–H groups in total. The molecule has 1 heterocycles. The van der Waals surface area contributed by atoms with Gasteiger partial charge in [0.2, 0.25) is 10.0 Å². The van der Waals surface area contributed by atoms with Gasteiger partial charge in [-0.15, -0.1) is 11.3 Å². The molecule has 1 aliphatic carbocycles. The quantitative estimate of drug-likeness (QED) is 0.871. The first-order chi connectivity index (χ1) is 9.18. The molecule has 2 rings (SSSR count). The zero-order valence-corrected chi connectivity index (χ0v) is 12.4. The van der Waals surface area contributed by atoms with Crippen molar-refractivity contribution >= 4 is 21.4 Å². The Bertz CT molecular complexity index is 564. The number of sulfonamides is 1. The molecule has 1 aromatic rings. The summed E-state index contributed by atoms with van der Waals surface area (Å²) in [6.45, 7) is -0.936. The first-order valence-electron chi connectivity index (χ1n) is 6.02. The van der Waals surface area contributed by atoms with Crippen LogP contribution in [-0.2, 0) is 16.6 Å². The third kappa shape index (κ3) is 4.18. The van der Waals surface area contributed by atoms with E-state index in [1.54, 1.807) is 0 Å². The van der Waals surface area contributed by atoms with Crippen LogP contribution in [0.25, 0.3) is 0 Å². The number of nitrogens with one attached hydrogen (secondary N) is 1. The largest absolute Gasteiger partial charge is 0.402 e. The second kappa shape index (κ2) is 5.63. The lowest BCUT2D eigenvalue weighted by molar-refractivity contribution is -0.134. The monoisotopic (exact) mass is 328 g/mol. The van der Waals surface area contributed by atoms with Crippen molar-refractivity contribution in [3.63, 3.8) is 0 Å².